The molecular weight excluding hydrogens is 240 g/mol. The smallest absolute Gasteiger partial charge is 0.0299 e. The molecule has 1 aromatic heterocycles. The third kappa shape index (κ3) is 3.42. The summed E-state index contributed by atoms with van der Waals surface area (Å²) in [7, 11) is 0. The molecule has 2 rings (SSSR count). The Morgan fingerprint density at radius 1 is 1.22 bits per heavy atom. The predicted molar refractivity (Wildman–Crippen MR) is 78.8 cm³/mol. The van der Waals surface area contributed by atoms with E-state index in [9.17, 15) is 0 Å². The van der Waals surface area contributed by atoms with Crippen LogP contribution in [0.15, 0.2) is 35.7 Å². The average Bonchev–Trinajstić information content (AvgIpc) is 2.85. The number of hydrazine groups is 1. The Balaban J connectivity index is 2.07. The van der Waals surface area contributed by atoms with E-state index in [2.05, 4.69) is 55.0 Å². The third-order valence-electron chi connectivity index (χ3n) is 3.23. The SMILES string of the molecule is Cc1ccc(C)c(CC(Cc2cccs2)NN)c1. The van der Waals surface area contributed by atoms with E-state index < -0.39 is 0 Å². The Kier molecular flexibility index (Phi) is 4.53. The van der Waals surface area contributed by atoms with Gasteiger partial charge in [0.1, 0.15) is 0 Å². The van der Waals surface area contributed by atoms with Crippen molar-refractivity contribution in [3.63, 3.8) is 0 Å². The van der Waals surface area contributed by atoms with Crippen molar-refractivity contribution in [3.05, 3.63) is 57.3 Å². The maximum Gasteiger partial charge on any atom is 0.0299 e. The van der Waals surface area contributed by atoms with Gasteiger partial charge in [-0.15, -0.1) is 11.3 Å². The topological polar surface area (TPSA) is 38.0 Å². The second kappa shape index (κ2) is 6.14. The molecule has 2 nitrogen and oxygen atoms in total. The molecule has 3 heteroatoms. The molecule has 0 aliphatic carbocycles. The number of hydrogen-bond acceptors (Lipinski definition) is 3. The number of rotatable bonds is 5. The standard InChI is InChI=1S/C15H20N2S/c1-11-5-6-12(2)13(8-11)9-14(17-16)10-15-4-3-7-18-15/h3-8,14,17H,9-10,16H2,1-2H3. The highest BCUT2D eigenvalue weighted by Gasteiger charge is 2.11. The summed E-state index contributed by atoms with van der Waals surface area (Å²) in [6, 6.07) is 11.1. The zero-order valence-corrected chi connectivity index (χ0v) is 11.8. The van der Waals surface area contributed by atoms with E-state index in [0.29, 0.717) is 6.04 Å². The molecule has 1 heterocycles. The second-order valence-electron chi connectivity index (χ2n) is 4.78. The fraction of sp³-hybridized carbons (Fsp3) is 0.333. The molecule has 0 saturated carbocycles. The van der Waals surface area contributed by atoms with Crippen molar-refractivity contribution in [3.8, 4) is 0 Å². The summed E-state index contributed by atoms with van der Waals surface area (Å²) in [6.07, 6.45) is 1.96. The number of benzene rings is 1. The summed E-state index contributed by atoms with van der Waals surface area (Å²) in [5.41, 5.74) is 6.97. The van der Waals surface area contributed by atoms with Gasteiger partial charge in [-0.1, -0.05) is 29.8 Å². The first-order valence-electron chi connectivity index (χ1n) is 6.23. The molecule has 18 heavy (non-hydrogen) atoms. The average molecular weight is 260 g/mol. The Morgan fingerprint density at radius 2 is 2.06 bits per heavy atom. The van der Waals surface area contributed by atoms with Gasteiger partial charge < -0.3 is 0 Å². The van der Waals surface area contributed by atoms with Crippen LogP contribution < -0.4 is 11.3 Å². The fourth-order valence-corrected chi connectivity index (χ4v) is 2.93. The lowest BCUT2D eigenvalue weighted by Crippen LogP contribution is -2.38. The van der Waals surface area contributed by atoms with E-state index in [1.54, 1.807) is 11.3 Å². The number of thiophene rings is 1. The van der Waals surface area contributed by atoms with Crippen molar-refractivity contribution in [1.82, 2.24) is 5.43 Å². The molecule has 0 bridgehead atoms. The fourth-order valence-electron chi connectivity index (χ4n) is 2.15. The lowest BCUT2D eigenvalue weighted by atomic mass is 9.97. The summed E-state index contributed by atoms with van der Waals surface area (Å²) >= 11 is 1.79. The predicted octanol–water partition coefficient (Wildman–Crippen LogP) is 2.98. The van der Waals surface area contributed by atoms with Crippen LogP contribution in [-0.2, 0) is 12.8 Å². The monoisotopic (exact) mass is 260 g/mol. The normalized spacial score (nSPS) is 12.6. The molecule has 0 radical (unpaired) electrons. The number of aryl methyl sites for hydroxylation is 2. The molecule has 3 N–H and O–H groups in total. The molecule has 0 aliphatic rings. The molecule has 2 aromatic rings. The van der Waals surface area contributed by atoms with Gasteiger partial charge in [0.05, 0.1) is 0 Å². The van der Waals surface area contributed by atoms with Crippen LogP contribution in [0.2, 0.25) is 0 Å². The Bertz CT molecular complexity index is 491. The minimum Gasteiger partial charge on any atom is -0.271 e. The van der Waals surface area contributed by atoms with Crippen LogP contribution in [0.5, 0.6) is 0 Å². The van der Waals surface area contributed by atoms with Crippen LogP contribution in [-0.4, -0.2) is 6.04 Å². The van der Waals surface area contributed by atoms with E-state index in [0.717, 1.165) is 12.8 Å². The van der Waals surface area contributed by atoms with Crippen LogP contribution >= 0.6 is 11.3 Å². The summed E-state index contributed by atoms with van der Waals surface area (Å²) in [5, 5.41) is 2.11. The molecule has 1 atom stereocenters. The zero-order chi connectivity index (χ0) is 13.0. The Labute approximate surface area is 113 Å². The molecule has 96 valence electrons. The van der Waals surface area contributed by atoms with E-state index in [4.69, 9.17) is 5.84 Å². The minimum atomic E-state index is 0.296. The molecular formula is C15H20N2S. The molecule has 1 unspecified atom stereocenters. The van der Waals surface area contributed by atoms with Crippen molar-refractivity contribution in [2.24, 2.45) is 5.84 Å². The van der Waals surface area contributed by atoms with Gasteiger partial charge in [0.25, 0.3) is 0 Å². The molecule has 0 saturated heterocycles. The second-order valence-corrected chi connectivity index (χ2v) is 5.81. The third-order valence-corrected chi connectivity index (χ3v) is 4.13. The largest absolute Gasteiger partial charge is 0.271 e. The van der Waals surface area contributed by atoms with Crippen LogP contribution in [0, 0.1) is 13.8 Å². The van der Waals surface area contributed by atoms with Gasteiger partial charge in [0, 0.05) is 10.9 Å². The quantitative estimate of drug-likeness (QED) is 0.640. The zero-order valence-electron chi connectivity index (χ0n) is 10.9. The van der Waals surface area contributed by atoms with Crippen LogP contribution in [0.4, 0.5) is 0 Å². The molecule has 0 spiro atoms. The lowest BCUT2D eigenvalue weighted by Gasteiger charge is -2.17. The Morgan fingerprint density at radius 3 is 2.72 bits per heavy atom. The first kappa shape index (κ1) is 13.3. The van der Waals surface area contributed by atoms with Crippen molar-refractivity contribution in [1.29, 1.82) is 0 Å². The lowest BCUT2D eigenvalue weighted by molar-refractivity contribution is 0.524. The highest BCUT2D eigenvalue weighted by atomic mass is 32.1. The molecule has 0 amide bonds. The highest BCUT2D eigenvalue weighted by Crippen LogP contribution is 2.16. The number of nitrogens with one attached hydrogen (secondary N) is 1. The van der Waals surface area contributed by atoms with Gasteiger partial charge in [-0.25, -0.2) is 0 Å². The van der Waals surface area contributed by atoms with Crippen LogP contribution in [0.3, 0.4) is 0 Å². The van der Waals surface area contributed by atoms with Gasteiger partial charge in [-0.2, -0.15) is 0 Å². The van der Waals surface area contributed by atoms with E-state index >= 15 is 0 Å². The van der Waals surface area contributed by atoms with Gasteiger partial charge >= 0.3 is 0 Å². The van der Waals surface area contributed by atoms with Crippen molar-refractivity contribution >= 4 is 11.3 Å². The molecule has 0 fully saturated rings. The van der Waals surface area contributed by atoms with Crippen molar-refractivity contribution < 1.29 is 0 Å². The summed E-state index contributed by atoms with van der Waals surface area (Å²) < 4.78 is 0. The van der Waals surface area contributed by atoms with E-state index in [1.807, 2.05) is 0 Å². The maximum absolute atomic E-state index is 5.68. The van der Waals surface area contributed by atoms with Gasteiger partial charge in [0.2, 0.25) is 0 Å². The maximum atomic E-state index is 5.68. The molecule has 0 aliphatic heterocycles. The first-order valence-corrected chi connectivity index (χ1v) is 7.11. The van der Waals surface area contributed by atoms with Crippen molar-refractivity contribution in [2.75, 3.05) is 0 Å². The highest BCUT2D eigenvalue weighted by molar-refractivity contribution is 7.09. The number of nitrogens with two attached hydrogens (primary N) is 1. The van der Waals surface area contributed by atoms with Gasteiger partial charge in [-0.3, -0.25) is 11.3 Å². The van der Waals surface area contributed by atoms with Crippen LogP contribution in [0.25, 0.3) is 0 Å². The van der Waals surface area contributed by atoms with E-state index in [1.165, 1.54) is 21.6 Å². The molecule has 1 aromatic carbocycles. The number of hydrogen-bond donors (Lipinski definition) is 2. The summed E-state index contributed by atoms with van der Waals surface area (Å²) in [5.74, 6) is 5.68. The van der Waals surface area contributed by atoms with Crippen molar-refractivity contribution in [2.45, 2.75) is 32.7 Å². The van der Waals surface area contributed by atoms with Crippen LogP contribution in [0.1, 0.15) is 21.6 Å². The summed E-state index contributed by atoms with van der Waals surface area (Å²) in [6.45, 7) is 4.29. The van der Waals surface area contributed by atoms with Gasteiger partial charge in [-0.05, 0) is 49.3 Å². The summed E-state index contributed by atoms with van der Waals surface area (Å²) in [4.78, 5) is 1.38. The van der Waals surface area contributed by atoms with E-state index in [-0.39, 0.29) is 0 Å². The van der Waals surface area contributed by atoms with Gasteiger partial charge in [0.15, 0.2) is 0 Å². The minimum absolute atomic E-state index is 0.296. The first-order chi connectivity index (χ1) is 8.69. The Hall–Kier alpha value is -1.16.